The number of rotatable bonds is 4. The summed E-state index contributed by atoms with van der Waals surface area (Å²) < 4.78 is 5.14. The first-order valence-corrected chi connectivity index (χ1v) is 5.92. The molecule has 0 fully saturated rings. The number of benzene rings is 1. The SMILES string of the molecule is COc1cc(C)c(C(=O)C(=O)CBr)cc1C. The standard InChI is InChI=1S/C12H13BrO3/c1-7-5-11(16-3)8(2)4-9(7)12(15)10(14)6-13/h4-5H,6H2,1-3H3. The summed E-state index contributed by atoms with van der Waals surface area (Å²) in [5.41, 5.74) is 2.04. The molecule has 0 atom stereocenters. The maximum Gasteiger partial charge on any atom is 0.229 e. The third-order valence-electron chi connectivity index (χ3n) is 2.36. The molecule has 1 aromatic rings. The fourth-order valence-corrected chi connectivity index (χ4v) is 1.72. The van der Waals surface area contributed by atoms with Gasteiger partial charge in [-0.05, 0) is 37.1 Å². The summed E-state index contributed by atoms with van der Waals surface area (Å²) in [6.07, 6.45) is 0. The largest absolute Gasteiger partial charge is 0.496 e. The molecule has 0 spiro atoms. The molecule has 4 heteroatoms. The van der Waals surface area contributed by atoms with Crippen LogP contribution >= 0.6 is 15.9 Å². The monoisotopic (exact) mass is 284 g/mol. The second-order valence-electron chi connectivity index (χ2n) is 3.52. The van der Waals surface area contributed by atoms with Crippen LogP contribution in [-0.2, 0) is 4.79 Å². The van der Waals surface area contributed by atoms with E-state index < -0.39 is 11.6 Å². The number of alkyl halides is 1. The zero-order valence-electron chi connectivity index (χ0n) is 9.46. The molecule has 0 bridgehead atoms. The van der Waals surface area contributed by atoms with E-state index in [1.54, 1.807) is 26.2 Å². The number of halogens is 1. The second-order valence-corrected chi connectivity index (χ2v) is 4.08. The molecule has 0 saturated heterocycles. The molecule has 0 aliphatic rings. The molecule has 1 aromatic carbocycles. The van der Waals surface area contributed by atoms with Crippen LogP contribution in [0.25, 0.3) is 0 Å². The van der Waals surface area contributed by atoms with E-state index >= 15 is 0 Å². The Kier molecular flexibility index (Phi) is 4.24. The molecule has 3 nitrogen and oxygen atoms in total. The lowest BCUT2D eigenvalue weighted by molar-refractivity contribution is -0.112. The maximum absolute atomic E-state index is 11.7. The Balaban J connectivity index is 3.21. The van der Waals surface area contributed by atoms with Gasteiger partial charge >= 0.3 is 0 Å². The fourth-order valence-electron chi connectivity index (χ4n) is 1.47. The van der Waals surface area contributed by atoms with Crippen molar-refractivity contribution in [1.29, 1.82) is 0 Å². The van der Waals surface area contributed by atoms with E-state index in [1.165, 1.54) is 0 Å². The molecular weight excluding hydrogens is 272 g/mol. The van der Waals surface area contributed by atoms with Gasteiger partial charge in [-0.2, -0.15) is 0 Å². The van der Waals surface area contributed by atoms with Crippen molar-refractivity contribution in [3.8, 4) is 5.75 Å². The Morgan fingerprint density at radius 3 is 2.38 bits per heavy atom. The molecule has 0 aliphatic heterocycles. The minimum atomic E-state index is -0.458. The summed E-state index contributed by atoms with van der Waals surface area (Å²) in [5, 5.41) is 0.0519. The lowest BCUT2D eigenvalue weighted by Crippen LogP contribution is -2.16. The maximum atomic E-state index is 11.7. The normalized spacial score (nSPS) is 10.0. The van der Waals surface area contributed by atoms with Crippen molar-refractivity contribution in [1.82, 2.24) is 0 Å². The van der Waals surface area contributed by atoms with Gasteiger partial charge in [0.1, 0.15) is 5.75 Å². The summed E-state index contributed by atoms with van der Waals surface area (Å²) in [5.74, 6) is -0.173. The number of hydrogen-bond donors (Lipinski definition) is 0. The van der Waals surface area contributed by atoms with Gasteiger partial charge in [-0.3, -0.25) is 9.59 Å². The van der Waals surface area contributed by atoms with Crippen molar-refractivity contribution < 1.29 is 14.3 Å². The first-order chi connectivity index (χ1) is 7.51. The van der Waals surface area contributed by atoms with E-state index in [0.29, 0.717) is 5.56 Å². The van der Waals surface area contributed by atoms with Crippen molar-refractivity contribution in [2.75, 3.05) is 12.4 Å². The minimum Gasteiger partial charge on any atom is -0.496 e. The zero-order valence-corrected chi connectivity index (χ0v) is 11.1. The number of carbonyl (C=O) groups excluding carboxylic acids is 2. The number of hydrogen-bond acceptors (Lipinski definition) is 3. The third-order valence-corrected chi connectivity index (χ3v) is 2.87. The number of methoxy groups -OCH3 is 1. The van der Waals surface area contributed by atoms with Gasteiger partial charge in [0.05, 0.1) is 12.4 Å². The van der Waals surface area contributed by atoms with Gasteiger partial charge in [-0.15, -0.1) is 0 Å². The Morgan fingerprint density at radius 1 is 1.25 bits per heavy atom. The van der Waals surface area contributed by atoms with Gasteiger partial charge in [0.15, 0.2) is 0 Å². The number of aryl methyl sites for hydroxylation is 2. The van der Waals surface area contributed by atoms with Crippen molar-refractivity contribution in [2.24, 2.45) is 0 Å². The van der Waals surface area contributed by atoms with Crippen LogP contribution in [0.4, 0.5) is 0 Å². The van der Waals surface area contributed by atoms with Crippen molar-refractivity contribution >= 4 is 27.5 Å². The van der Waals surface area contributed by atoms with E-state index in [2.05, 4.69) is 15.9 Å². The first kappa shape index (κ1) is 12.9. The summed E-state index contributed by atoms with van der Waals surface area (Å²) in [7, 11) is 1.58. The highest BCUT2D eigenvalue weighted by atomic mass is 79.9. The molecule has 0 saturated carbocycles. The lowest BCUT2D eigenvalue weighted by atomic mass is 9.99. The number of Topliss-reactive ketones (excluding diaryl/α,β-unsaturated/α-hetero) is 2. The summed E-state index contributed by atoms with van der Waals surface area (Å²) in [4.78, 5) is 23.0. The zero-order chi connectivity index (χ0) is 12.3. The Morgan fingerprint density at radius 2 is 1.88 bits per heavy atom. The van der Waals surface area contributed by atoms with Gasteiger partial charge in [-0.25, -0.2) is 0 Å². The van der Waals surface area contributed by atoms with E-state index in [0.717, 1.165) is 16.9 Å². The predicted molar refractivity (Wildman–Crippen MR) is 65.6 cm³/mol. The van der Waals surface area contributed by atoms with Crippen molar-refractivity contribution in [3.63, 3.8) is 0 Å². The highest BCUT2D eigenvalue weighted by molar-refractivity contribution is 9.09. The Labute approximate surface area is 103 Å². The summed E-state index contributed by atoms with van der Waals surface area (Å²) >= 11 is 2.99. The molecule has 0 aromatic heterocycles. The van der Waals surface area contributed by atoms with Crippen LogP contribution in [0.3, 0.4) is 0 Å². The summed E-state index contributed by atoms with van der Waals surface area (Å²) in [6.45, 7) is 3.63. The van der Waals surface area contributed by atoms with Gasteiger partial charge in [0.25, 0.3) is 0 Å². The van der Waals surface area contributed by atoms with Crippen LogP contribution in [0, 0.1) is 13.8 Å². The average molecular weight is 285 g/mol. The molecule has 0 radical (unpaired) electrons. The van der Waals surface area contributed by atoms with E-state index in [4.69, 9.17) is 4.74 Å². The predicted octanol–water partition coefficient (Wildman–Crippen LogP) is 2.46. The van der Waals surface area contributed by atoms with E-state index in [-0.39, 0.29) is 5.33 Å². The van der Waals surface area contributed by atoms with Crippen LogP contribution in [0.1, 0.15) is 21.5 Å². The third kappa shape index (κ3) is 2.50. The molecule has 0 aliphatic carbocycles. The molecular formula is C12H13BrO3. The van der Waals surface area contributed by atoms with Crippen LogP contribution in [-0.4, -0.2) is 24.0 Å². The van der Waals surface area contributed by atoms with Crippen molar-refractivity contribution in [2.45, 2.75) is 13.8 Å². The Hall–Kier alpha value is -1.16. The van der Waals surface area contributed by atoms with Crippen LogP contribution in [0.5, 0.6) is 5.75 Å². The number of carbonyl (C=O) groups is 2. The number of ketones is 2. The molecule has 0 amide bonds. The Bertz CT molecular complexity index is 438. The average Bonchev–Trinajstić information content (AvgIpc) is 2.29. The van der Waals surface area contributed by atoms with Gasteiger partial charge in [0, 0.05) is 5.56 Å². The van der Waals surface area contributed by atoms with Crippen LogP contribution in [0.2, 0.25) is 0 Å². The first-order valence-electron chi connectivity index (χ1n) is 4.80. The van der Waals surface area contributed by atoms with E-state index in [9.17, 15) is 9.59 Å². The lowest BCUT2D eigenvalue weighted by Gasteiger charge is -2.09. The molecule has 0 unspecified atom stereocenters. The van der Waals surface area contributed by atoms with Gasteiger partial charge in [0.2, 0.25) is 11.6 Å². The molecule has 86 valence electrons. The van der Waals surface area contributed by atoms with Gasteiger partial charge in [-0.1, -0.05) is 15.9 Å². The highest BCUT2D eigenvalue weighted by Gasteiger charge is 2.18. The smallest absolute Gasteiger partial charge is 0.229 e. The summed E-state index contributed by atoms with van der Waals surface area (Å²) in [6, 6.07) is 3.46. The van der Waals surface area contributed by atoms with Crippen LogP contribution in [0.15, 0.2) is 12.1 Å². The molecule has 0 N–H and O–H groups in total. The minimum absolute atomic E-state index is 0.0519. The highest BCUT2D eigenvalue weighted by Crippen LogP contribution is 2.23. The van der Waals surface area contributed by atoms with E-state index in [1.807, 2.05) is 6.92 Å². The van der Waals surface area contributed by atoms with Crippen molar-refractivity contribution in [3.05, 3.63) is 28.8 Å². The topological polar surface area (TPSA) is 43.4 Å². The molecule has 1 rings (SSSR count). The molecule has 0 heterocycles. The van der Waals surface area contributed by atoms with Gasteiger partial charge < -0.3 is 4.74 Å². The van der Waals surface area contributed by atoms with Crippen LogP contribution < -0.4 is 4.74 Å². The fraction of sp³-hybridized carbons (Fsp3) is 0.333. The quantitative estimate of drug-likeness (QED) is 0.485. The number of ether oxygens (including phenoxy) is 1. The molecule has 16 heavy (non-hydrogen) atoms. The second kappa shape index (κ2) is 5.25.